The highest BCUT2D eigenvalue weighted by Crippen LogP contribution is 2.71. The number of aliphatic hydroxyl groups is 3. The predicted molar refractivity (Wildman–Crippen MR) is 110 cm³/mol. The van der Waals surface area contributed by atoms with E-state index in [9.17, 15) is 24.9 Å². The van der Waals surface area contributed by atoms with Crippen molar-refractivity contribution >= 4 is 34.8 Å². The Morgan fingerprint density at radius 2 is 1.93 bits per heavy atom. The van der Waals surface area contributed by atoms with Crippen molar-refractivity contribution < 1.29 is 29.3 Å². The molecule has 8 heteroatoms. The number of alkyl halides is 2. The maximum atomic E-state index is 17.1. The Morgan fingerprint density at radius 1 is 1.30 bits per heavy atom. The monoisotopic (exact) mass is 460 g/mol. The van der Waals surface area contributed by atoms with Crippen molar-refractivity contribution in [3.05, 3.63) is 22.8 Å². The van der Waals surface area contributed by atoms with Crippen LogP contribution in [0.2, 0.25) is 0 Å². The van der Waals surface area contributed by atoms with E-state index in [0.29, 0.717) is 6.42 Å². The first-order valence-electron chi connectivity index (χ1n) is 10.3. The first-order chi connectivity index (χ1) is 13.8. The van der Waals surface area contributed by atoms with E-state index in [2.05, 4.69) is 0 Å². The number of Topliss-reactive ketones (excluding diaryl/α,β-unsaturated/α-hetero) is 1. The molecule has 0 spiro atoms. The fourth-order valence-corrected chi connectivity index (χ4v) is 8.32. The van der Waals surface area contributed by atoms with Gasteiger partial charge in [-0.3, -0.25) is 9.59 Å². The molecule has 0 aromatic carbocycles. The SMILES string of the molecule is C[C@@H]1C[C@H]2[C@@H]3CC(Cl)C4=C(Cl)C(=O)C=C[C@]4(C)[C@@]3(F)[C@@H](O)C[C@]2(C)[C@@]1(O)C(=O)CO. The number of carbonyl (C=O) groups excluding carboxylic acids is 2. The highest BCUT2D eigenvalue weighted by atomic mass is 35.5. The molecule has 1 unspecified atom stereocenters. The molecule has 0 aliphatic heterocycles. The van der Waals surface area contributed by atoms with Gasteiger partial charge in [-0.15, -0.1) is 11.6 Å². The van der Waals surface area contributed by atoms with Gasteiger partial charge in [0.2, 0.25) is 0 Å². The minimum atomic E-state index is -2.18. The van der Waals surface area contributed by atoms with E-state index < -0.39 is 69.5 Å². The van der Waals surface area contributed by atoms with Crippen molar-refractivity contribution in [2.45, 2.75) is 62.8 Å². The van der Waals surface area contributed by atoms with Crippen molar-refractivity contribution in [2.75, 3.05) is 6.61 Å². The zero-order chi connectivity index (χ0) is 22.4. The lowest BCUT2D eigenvalue weighted by Crippen LogP contribution is -2.70. The van der Waals surface area contributed by atoms with Gasteiger partial charge in [-0.1, -0.05) is 31.5 Å². The predicted octanol–water partition coefficient (Wildman–Crippen LogP) is 2.68. The van der Waals surface area contributed by atoms with Gasteiger partial charge in [0, 0.05) is 16.7 Å². The van der Waals surface area contributed by atoms with Crippen molar-refractivity contribution in [3.63, 3.8) is 0 Å². The molecule has 0 aromatic rings. The first-order valence-corrected chi connectivity index (χ1v) is 11.1. The first kappa shape index (κ1) is 22.4. The van der Waals surface area contributed by atoms with Crippen LogP contribution < -0.4 is 0 Å². The molecule has 9 atom stereocenters. The molecule has 0 aromatic heterocycles. The maximum Gasteiger partial charge on any atom is 0.196 e. The zero-order valence-corrected chi connectivity index (χ0v) is 18.7. The summed E-state index contributed by atoms with van der Waals surface area (Å²) in [4.78, 5) is 24.8. The van der Waals surface area contributed by atoms with E-state index in [1.54, 1.807) is 20.8 Å². The number of allylic oxidation sites excluding steroid dienone is 4. The number of hydrogen-bond donors (Lipinski definition) is 3. The third-order valence-electron chi connectivity index (χ3n) is 8.86. The van der Waals surface area contributed by atoms with E-state index in [1.165, 1.54) is 12.2 Å². The number of carbonyl (C=O) groups is 2. The molecular formula is C22H27Cl2FO5. The minimum absolute atomic E-state index is 0.109. The molecule has 4 aliphatic rings. The van der Waals surface area contributed by atoms with Gasteiger partial charge in [-0.05, 0) is 49.7 Å². The summed E-state index contributed by atoms with van der Waals surface area (Å²) < 4.78 is 17.1. The smallest absolute Gasteiger partial charge is 0.196 e. The van der Waals surface area contributed by atoms with Crippen LogP contribution in [0.4, 0.5) is 4.39 Å². The average Bonchev–Trinajstić information content (AvgIpc) is 2.88. The molecule has 166 valence electrons. The molecule has 0 saturated heterocycles. The summed E-state index contributed by atoms with van der Waals surface area (Å²) >= 11 is 12.9. The Hall–Kier alpha value is -0.790. The topological polar surface area (TPSA) is 94.8 Å². The molecule has 4 aliphatic carbocycles. The van der Waals surface area contributed by atoms with Crippen molar-refractivity contribution in [3.8, 4) is 0 Å². The Kier molecular flexibility index (Phi) is 4.94. The third-order valence-corrected chi connectivity index (χ3v) is 9.64. The van der Waals surface area contributed by atoms with Crippen LogP contribution in [0.5, 0.6) is 0 Å². The van der Waals surface area contributed by atoms with Gasteiger partial charge in [-0.25, -0.2) is 4.39 Å². The Balaban J connectivity index is 1.89. The number of rotatable bonds is 2. The highest BCUT2D eigenvalue weighted by molar-refractivity contribution is 6.45. The summed E-state index contributed by atoms with van der Waals surface area (Å²) in [5, 5.41) is 31.3. The second-order valence-electron chi connectivity index (χ2n) is 9.93. The zero-order valence-electron chi connectivity index (χ0n) is 17.2. The van der Waals surface area contributed by atoms with E-state index in [4.69, 9.17) is 23.2 Å². The molecular weight excluding hydrogens is 434 g/mol. The molecule has 0 heterocycles. The molecule has 0 radical (unpaired) electrons. The summed E-state index contributed by atoms with van der Waals surface area (Å²) in [6, 6.07) is 0. The second-order valence-corrected chi connectivity index (χ2v) is 10.8. The van der Waals surface area contributed by atoms with Crippen LogP contribution in [-0.2, 0) is 9.59 Å². The third kappa shape index (κ3) is 2.30. The number of halogens is 3. The van der Waals surface area contributed by atoms with Crippen LogP contribution in [0.3, 0.4) is 0 Å². The average molecular weight is 461 g/mol. The number of ketones is 2. The Labute approximate surface area is 184 Å². The van der Waals surface area contributed by atoms with Crippen LogP contribution in [-0.4, -0.2) is 56.2 Å². The van der Waals surface area contributed by atoms with Crippen LogP contribution in [0.25, 0.3) is 0 Å². The fourth-order valence-electron chi connectivity index (χ4n) is 7.35. The molecule has 3 N–H and O–H groups in total. The fraction of sp³-hybridized carbons (Fsp3) is 0.727. The number of fused-ring (bicyclic) bond motifs is 5. The van der Waals surface area contributed by atoms with Crippen LogP contribution in [0, 0.1) is 28.6 Å². The summed E-state index contributed by atoms with van der Waals surface area (Å²) in [5.74, 6) is -2.90. The lowest BCUT2D eigenvalue weighted by Gasteiger charge is -2.63. The highest BCUT2D eigenvalue weighted by Gasteiger charge is 2.76. The Bertz CT molecular complexity index is 889. The van der Waals surface area contributed by atoms with E-state index in [-0.39, 0.29) is 23.4 Å². The van der Waals surface area contributed by atoms with E-state index >= 15 is 4.39 Å². The van der Waals surface area contributed by atoms with Gasteiger partial charge >= 0.3 is 0 Å². The quantitative estimate of drug-likeness (QED) is 0.550. The van der Waals surface area contributed by atoms with Crippen molar-refractivity contribution in [1.82, 2.24) is 0 Å². The van der Waals surface area contributed by atoms with Crippen LogP contribution in [0.15, 0.2) is 22.8 Å². The van der Waals surface area contributed by atoms with Gasteiger partial charge in [0.1, 0.15) is 12.2 Å². The summed E-state index contributed by atoms with van der Waals surface area (Å²) in [6.45, 7) is 4.19. The van der Waals surface area contributed by atoms with E-state index in [1.807, 2.05) is 0 Å². The van der Waals surface area contributed by atoms with Gasteiger partial charge in [0.05, 0.1) is 16.5 Å². The molecule has 5 nitrogen and oxygen atoms in total. The normalized spacial score (nSPS) is 52.7. The lowest BCUT2D eigenvalue weighted by atomic mass is 9.44. The van der Waals surface area contributed by atoms with Crippen molar-refractivity contribution in [1.29, 1.82) is 0 Å². The van der Waals surface area contributed by atoms with Gasteiger partial charge < -0.3 is 15.3 Å². The second kappa shape index (κ2) is 6.61. The standard InChI is InChI=1S/C22H27Cl2FO5/c1-10-6-11-12-7-13(23)17-18(24)14(27)4-5-19(17,2)21(12,25)15(28)8-20(11,3)22(10,30)16(29)9-26/h4-5,10-13,15,26,28,30H,6-9H2,1-3H3/t10-,11+,12+,13?,15+,19+,20+,21+,22+/m1/s1. The largest absolute Gasteiger partial charge is 0.390 e. The van der Waals surface area contributed by atoms with Gasteiger partial charge in [0.15, 0.2) is 17.2 Å². The molecule has 4 rings (SSSR count). The van der Waals surface area contributed by atoms with Gasteiger partial charge in [0.25, 0.3) is 0 Å². The minimum Gasteiger partial charge on any atom is -0.390 e. The van der Waals surface area contributed by atoms with Crippen LogP contribution >= 0.6 is 23.2 Å². The molecule has 0 amide bonds. The summed E-state index contributed by atoms with van der Waals surface area (Å²) in [6.07, 6.45) is 1.46. The van der Waals surface area contributed by atoms with Crippen molar-refractivity contribution in [2.24, 2.45) is 28.6 Å². The molecule has 0 bridgehead atoms. The number of hydrogen-bond acceptors (Lipinski definition) is 5. The van der Waals surface area contributed by atoms with Gasteiger partial charge in [-0.2, -0.15) is 0 Å². The maximum absolute atomic E-state index is 17.1. The summed E-state index contributed by atoms with van der Waals surface area (Å²) in [7, 11) is 0. The molecule has 30 heavy (non-hydrogen) atoms. The number of aliphatic hydroxyl groups excluding tert-OH is 2. The molecule has 3 saturated carbocycles. The lowest BCUT2D eigenvalue weighted by molar-refractivity contribution is -0.219. The molecule has 3 fully saturated rings. The Morgan fingerprint density at radius 3 is 2.53 bits per heavy atom. The summed E-state index contributed by atoms with van der Waals surface area (Å²) in [5.41, 5.74) is -6.28. The van der Waals surface area contributed by atoms with E-state index in [0.717, 1.165) is 0 Å². The van der Waals surface area contributed by atoms with Crippen LogP contribution in [0.1, 0.15) is 40.0 Å².